The largest absolute Gasteiger partial charge is 0.393 e. The summed E-state index contributed by atoms with van der Waals surface area (Å²) in [5.74, 6) is 0.363. The van der Waals surface area contributed by atoms with Crippen molar-refractivity contribution >= 4 is 10.2 Å². The van der Waals surface area contributed by atoms with Crippen LogP contribution in [-0.4, -0.2) is 33.2 Å². The van der Waals surface area contributed by atoms with Crippen LogP contribution in [0, 0.1) is 5.92 Å². The number of rotatable bonds is 4. The normalized spacial score (nSPS) is 29.0. The van der Waals surface area contributed by atoms with E-state index in [1.165, 1.54) is 7.05 Å². The maximum Gasteiger partial charge on any atom is 0.276 e. The summed E-state index contributed by atoms with van der Waals surface area (Å²) in [5, 5.41) is 9.25. The zero-order valence-corrected chi connectivity index (χ0v) is 9.18. The van der Waals surface area contributed by atoms with Gasteiger partial charge in [0.25, 0.3) is 10.2 Å². The molecule has 1 saturated carbocycles. The molecule has 0 aromatic rings. The Kier molecular flexibility index (Phi) is 4.31. The van der Waals surface area contributed by atoms with Crippen LogP contribution in [0.2, 0.25) is 0 Å². The monoisotopic (exact) mass is 222 g/mol. The molecule has 84 valence electrons. The highest BCUT2D eigenvalue weighted by atomic mass is 32.2. The van der Waals surface area contributed by atoms with Crippen molar-refractivity contribution in [3.63, 3.8) is 0 Å². The molecule has 0 bridgehead atoms. The topological polar surface area (TPSA) is 78.4 Å². The molecule has 0 aromatic carbocycles. The highest BCUT2D eigenvalue weighted by molar-refractivity contribution is 7.87. The second kappa shape index (κ2) is 5.06. The summed E-state index contributed by atoms with van der Waals surface area (Å²) < 4.78 is 26.7. The van der Waals surface area contributed by atoms with E-state index in [2.05, 4.69) is 9.44 Å². The van der Waals surface area contributed by atoms with Gasteiger partial charge in [0.05, 0.1) is 6.10 Å². The lowest BCUT2D eigenvalue weighted by molar-refractivity contribution is 0.109. The zero-order valence-electron chi connectivity index (χ0n) is 8.36. The van der Waals surface area contributed by atoms with Crippen LogP contribution in [0.15, 0.2) is 0 Å². The van der Waals surface area contributed by atoms with Gasteiger partial charge in [-0.2, -0.15) is 8.42 Å². The van der Waals surface area contributed by atoms with Gasteiger partial charge in [-0.15, -0.1) is 0 Å². The molecule has 0 saturated heterocycles. The Hall–Kier alpha value is -0.170. The average Bonchev–Trinajstić information content (AvgIpc) is 2.17. The van der Waals surface area contributed by atoms with Crippen LogP contribution in [0.3, 0.4) is 0 Å². The van der Waals surface area contributed by atoms with E-state index in [1.54, 1.807) is 0 Å². The second-order valence-electron chi connectivity index (χ2n) is 3.73. The summed E-state index contributed by atoms with van der Waals surface area (Å²) in [4.78, 5) is 0. The van der Waals surface area contributed by atoms with Crippen molar-refractivity contribution in [3.8, 4) is 0 Å². The molecule has 1 rings (SSSR count). The molecule has 0 spiro atoms. The SMILES string of the molecule is CNS(=O)(=O)NCC1CCC(O)CC1. The summed E-state index contributed by atoms with van der Waals surface area (Å²) in [6, 6.07) is 0. The van der Waals surface area contributed by atoms with Crippen LogP contribution in [0.1, 0.15) is 25.7 Å². The molecule has 0 amide bonds. The molecule has 3 N–H and O–H groups in total. The first-order valence-corrected chi connectivity index (χ1v) is 6.38. The summed E-state index contributed by atoms with van der Waals surface area (Å²) in [6.45, 7) is 0.468. The van der Waals surface area contributed by atoms with Gasteiger partial charge in [0, 0.05) is 13.6 Å². The Morgan fingerprint density at radius 3 is 2.36 bits per heavy atom. The Morgan fingerprint density at radius 2 is 1.86 bits per heavy atom. The van der Waals surface area contributed by atoms with E-state index < -0.39 is 10.2 Å². The van der Waals surface area contributed by atoms with Crippen LogP contribution < -0.4 is 9.44 Å². The highest BCUT2D eigenvalue weighted by Gasteiger charge is 2.20. The first kappa shape index (κ1) is 11.9. The highest BCUT2D eigenvalue weighted by Crippen LogP contribution is 2.23. The smallest absolute Gasteiger partial charge is 0.276 e. The molecular formula is C8H18N2O3S. The van der Waals surface area contributed by atoms with Gasteiger partial charge in [-0.1, -0.05) is 0 Å². The number of hydrogen-bond donors (Lipinski definition) is 3. The quantitative estimate of drug-likeness (QED) is 0.605. The first-order chi connectivity index (χ1) is 6.53. The van der Waals surface area contributed by atoms with E-state index in [4.69, 9.17) is 0 Å². The minimum Gasteiger partial charge on any atom is -0.393 e. The first-order valence-electron chi connectivity index (χ1n) is 4.89. The third kappa shape index (κ3) is 3.91. The van der Waals surface area contributed by atoms with Crippen molar-refractivity contribution in [1.29, 1.82) is 0 Å². The van der Waals surface area contributed by atoms with Crippen molar-refractivity contribution in [3.05, 3.63) is 0 Å². The molecule has 1 aliphatic rings. The summed E-state index contributed by atoms with van der Waals surface area (Å²) >= 11 is 0. The number of hydrogen-bond acceptors (Lipinski definition) is 3. The molecule has 0 aromatic heterocycles. The predicted molar refractivity (Wildman–Crippen MR) is 53.9 cm³/mol. The van der Waals surface area contributed by atoms with Crippen molar-refractivity contribution in [2.75, 3.05) is 13.6 Å². The van der Waals surface area contributed by atoms with E-state index in [-0.39, 0.29) is 6.10 Å². The van der Waals surface area contributed by atoms with E-state index in [0.29, 0.717) is 12.5 Å². The van der Waals surface area contributed by atoms with Gasteiger partial charge in [0.1, 0.15) is 0 Å². The standard InChI is InChI=1S/C8H18N2O3S/c1-9-14(12,13)10-6-7-2-4-8(11)5-3-7/h7-11H,2-6H2,1H3. The molecular weight excluding hydrogens is 204 g/mol. The van der Waals surface area contributed by atoms with Crippen molar-refractivity contribution < 1.29 is 13.5 Å². The average molecular weight is 222 g/mol. The van der Waals surface area contributed by atoms with Gasteiger partial charge >= 0.3 is 0 Å². The molecule has 1 fully saturated rings. The van der Waals surface area contributed by atoms with Crippen molar-refractivity contribution in [2.24, 2.45) is 5.92 Å². The fourth-order valence-electron chi connectivity index (χ4n) is 1.65. The zero-order chi connectivity index (χ0) is 10.6. The van der Waals surface area contributed by atoms with Crippen LogP contribution in [0.4, 0.5) is 0 Å². The Bertz CT molecular complexity index is 258. The lowest BCUT2D eigenvalue weighted by Gasteiger charge is -2.25. The van der Waals surface area contributed by atoms with E-state index >= 15 is 0 Å². The molecule has 0 heterocycles. The maximum absolute atomic E-state index is 11.0. The Morgan fingerprint density at radius 1 is 1.29 bits per heavy atom. The number of nitrogens with one attached hydrogen (secondary N) is 2. The van der Waals surface area contributed by atoms with Crippen molar-refractivity contribution in [1.82, 2.24) is 9.44 Å². The molecule has 1 aliphatic carbocycles. The minimum atomic E-state index is -3.29. The van der Waals surface area contributed by atoms with Gasteiger partial charge in [-0.05, 0) is 31.6 Å². The van der Waals surface area contributed by atoms with Gasteiger partial charge in [-0.3, -0.25) is 0 Å². The second-order valence-corrected chi connectivity index (χ2v) is 5.43. The minimum absolute atomic E-state index is 0.188. The lowest BCUT2D eigenvalue weighted by atomic mass is 9.88. The number of aliphatic hydroxyl groups excluding tert-OH is 1. The van der Waals surface area contributed by atoms with E-state index in [1.807, 2.05) is 0 Å². The van der Waals surface area contributed by atoms with E-state index in [0.717, 1.165) is 25.7 Å². The van der Waals surface area contributed by atoms with Crippen LogP contribution in [0.5, 0.6) is 0 Å². The summed E-state index contributed by atoms with van der Waals surface area (Å²) in [5.41, 5.74) is 0. The Balaban J connectivity index is 2.26. The number of aliphatic hydroxyl groups is 1. The van der Waals surface area contributed by atoms with Gasteiger partial charge in [0.15, 0.2) is 0 Å². The third-order valence-corrected chi connectivity index (χ3v) is 3.73. The van der Waals surface area contributed by atoms with Gasteiger partial charge in [-0.25, -0.2) is 9.44 Å². The third-order valence-electron chi connectivity index (χ3n) is 2.65. The van der Waals surface area contributed by atoms with Crippen LogP contribution >= 0.6 is 0 Å². The fourth-order valence-corrected chi connectivity index (χ4v) is 2.25. The Labute approximate surface area is 85.1 Å². The predicted octanol–water partition coefficient (Wildman–Crippen LogP) is -0.409. The molecule has 6 heteroatoms. The lowest BCUT2D eigenvalue weighted by Crippen LogP contribution is -2.38. The molecule has 14 heavy (non-hydrogen) atoms. The molecule has 5 nitrogen and oxygen atoms in total. The van der Waals surface area contributed by atoms with Crippen LogP contribution in [0.25, 0.3) is 0 Å². The van der Waals surface area contributed by atoms with E-state index in [9.17, 15) is 13.5 Å². The fraction of sp³-hybridized carbons (Fsp3) is 1.00. The molecule has 0 aliphatic heterocycles. The summed E-state index contributed by atoms with van der Waals surface area (Å²) in [6.07, 6.45) is 3.17. The van der Waals surface area contributed by atoms with Crippen molar-refractivity contribution in [2.45, 2.75) is 31.8 Å². The molecule has 0 atom stereocenters. The maximum atomic E-state index is 11.0. The van der Waals surface area contributed by atoms with Gasteiger partial charge < -0.3 is 5.11 Å². The van der Waals surface area contributed by atoms with Crippen LogP contribution in [-0.2, 0) is 10.2 Å². The summed E-state index contributed by atoms with van der Waals surface area (Å²) in [7, 11) is -1.91. The molecule has 0 unspecified atom stereocenters. The van der Waals surface area contributed by atoms with Gasteiger partial charge in [0.2, 0.25) is 0 Å². The molecule has 0 radical (unpaired) electrons.